The van der Waals surface area contributed by atoms with Gasteiger partial charge in [0.25, 0.3) is 5.89 Å². The first-order chi connectivity index (χ1) is 14.1. The lowest BCUT2D eigenvalue weighted by molar-refractivity contribution is -0.139. The first-order valence-electron chi connectivity index (χ1n) is 9.89. The maximum atomic E-state index is 15.8. The molecule has 1 saturated heterocycles. The highest BCUT2D eigenvalue weighted by atomic mass is 19.1. The maximum Gasteiger partial charge on any atom is 0.266 e. The molecule has 2 aliphatic rings. The Morgan fingerprint density at radius 1 is 1.10 bits per heavy atom. The minimum Gasteiger partial charge on any atom is -0.338 e. The van der Waals surface area contributed by atoms with Gasteiger partial charge >= 0.3 is 0 Å². The molecule has 6 nitrogen and oxygen atoms in total. The second-order valence-corrected chi connectivity index (χ2v) is 7.91. The van der Waals surface area contributed by atoms with E-state index in [1.807, 2.05) is 30.3 Å². The molecule has 3 heterocycles. The molecule has 0 spiro atoms. The van der Waals surface area contributed by atoms with Gasteiger partial charge in [-0.2, -0.15) is 4.98 Å². The van der Waals surface area contributed by atoms with Gasteiger partial charge in [-0.3, -0.25) is 9.78 Å². The lowest BCUT2D eigenvalue weighted by atomic mass is 9.90. The normalized spacial score (nSPS) is 23.0. The van der Waals surface area contributed by atoms with Crippen LogP contribution in [-0.4, -0.2) is 39.0 Å². The third kappa shape index (κ3) is 3.10. The van der Waals surface area contributed by atoms with E-state index in [4.69, 9.17) is 4.52 Å². The van der Waals surface area contributed by atoms with Crippen molar-refractivity contribution in [2.75, 3.05) is 13.1 Å². The summed E-state index contributed by atoms with van der Waals surface area (Å²) >= 11 is 0. The van der Waals surface area contributed by atoms with Crippen LogP contribution in [0, 0.1) is 0 Å². The van der Waals surface area contributed by atoms with E-state index < -0.39 is 11.1 Å². The quantitative estimate of drug-likeness (QED) is 0.678. The summed E-state index contributed by atoms with van der Waals surface area (Å²) in [6, 6.07) is 13.3. The largest absolute Gasteiger partial charge is 0.338 e. The van der Waals surface area contributed by atoms with E-state index in [-0.39, 0.29) is 24.8 Å². The average molecular weight is 392 g/mol. The predicted octanol–water partition coefficient (Wildman–Crippen LogP) is 3.65. The van der Waals surface area contributed by atoms with E-state index in [2.05, 4.69) is 15.1 Å². The number of aromatic nitrogens is 3. The number of amides is 1. The predicted molar refractivity (Wildman–Crippen MR) is 103 cm³/mol. The van der Waals surface area contributed by atoms with Crippen LogP contribution < -0.4 is 0 Å². The summed E-state index contributed by atoms with van der Waals surface area (Å²) in [4.78, 5) is 23.3. The summed E-state index contributed by atoms with van der Waals surface area (Å²) in [5.74, 6) is 0.229. The monoisotopic (exact) mass is 392 g/mol. The average Bonchev–Trinajstić information content (AvgIpc) is 3.42. The first kappa shape index (κ1) is 18.0. The molecule has 1 aliphatic heterocycles. The summed E-state index contributed by atoms with van der Waals surface area (Å²) in [5, 5.41) is 3.92. The van der Waals surface area contributed by atoms with Crippen LogP contribution in [0.5, 0.6) is 0 Å². The Morgan fingerprint density at radius 3 is 2.66 bits per heavy atom. The van der Waals surface area contributed by atoms with Crippen LogP contribution in [0.25, 0.3) is 11.4 Å². The number of hydrogen-bond acceptors (Lipinski definition) is 5. The van der Waals surface area contributed by atoms with Crippen molar-refractivity contribution in [3.8, 4) is 11.4 Å². The van der Waals surface area contributed by atoms with Crippen LogP contribution >= 0.6 is 0 Å². The second-order valence-electron chi connectivity index (χ2n) is 7.91. The molecule has 7 heteroatoms. The van der Waals surface area contributed by atoms with Crippen molar-refractivity contribution in [1.82, 2.24) is 20.0 Å². The van der Waals surface area contributed by atoms with Gasteiger partial charge in [0, 0.05) is 24.5 Å². The van der Waals surface area contributed by atoms with Crippen molar-refractivity contribution >= 4 is 5.91 Å². The van der Waals surface area contributed by atoms with E-state index in [1.54, 1.807) is 29.4 Å². The van der Waals surface area contributed by atoms with Gasteiger partial charge in [-0.25, -0.2) is 4.39 Å². The fourth-order valence-electron chi connectivity index (χ4n) is 4.19. The third-order valence-corrected chi connectivity index (χ3v) is 5.94. The Morgan fingerprint density at radius 2 is 1.93 bits per heavy atom. The molecule has 1 amide bonds. The van der Waals surface area contributed by atoms with E-state index in [0.717, 1.165) is 18.4 Å². The molecule has 2 aromatic heterocycles. The number of benzene rings is 1. The summed E-state index contributed by atoms with van der Waals surface area (Å²) in [6.07, 6.45) is 5.66. The van der Waals surface area contributed by atoms with Gasteiger partial charge in [0.2, 0.25) is 17.4 Å². The second kappa shape index (κ2) is 6.76. The Bertz CT molecular complexity index is 1020. The molecule has 1 aliphatic carbocycles. The minimum absolute atomic E-state index is 0.00239. The zero-order valence-electron chi connectivity index (χ0n) is 15.9. The number of nitrogens with zero attached hydrogens (tertiary/aromatic N) is 4. The van der Waals surface area contributed by atoms with E-state index in [9.17, 15) is 4.79 Å². The molecule has 29 heavy (non-hydrogen) atoms. The van der Waals surface area contributed by atoms with Crippen LogP contribution in [-0.2, 0) is 15.9 Å². The Kier molecular flexibility index (Phi) is 4.19. The third-order valence-electron chi connectivity index (χ3n) is 5.94. The van der Waals surface area contributed by atoms with Crippen molar-refractivity contribution in [2.45, 2.75) is 36.8 Å². The van der Waals surface area contributed by atoms with Crippen LogP contribution in [0.2, 0.25) is 0 Å². The molecule has 1 saturated carbocycles. The van der Waals surface area contributed by atoms with Crippen molar-refractivity contribution < 1.29 is 13.7 Å². The summed E-state index contributed by atoms with van der Waals surface area (Å²) in [7, 11) is 0. The number of likely N-dealkylation sites (tertiary alicyclic amines) is 1. The molecule has 1 atom stereocenters. The molecular formula is C22H21FN4O2. The van der Waals surface area contributed by atoms with E-state index in [0.29, 0.717) is 24.4 Å². The Hall–Kier alpha value is -3.09. The van der Waals surface area contributed by atoms with Crippen LogP contribution in [0.4, 0.5) is 4.39 Å². The van der Waals surface area contributed by atoms with E-state index in [1.165, 1.54) is 0 Å². The first-order valence-corrected chi connectivity index (χ1v) is 9.89. The van der Waals surface area contributed by atoms with Gasteiger partial charge in [0.05, 0.1) is 12.0 Å². The molecule has 0 bridgehead atoms. The van der Waals surface area contributed by atoms with Gasteiger partial charge in [-0.05, 0) is 43.4 Å². The number of piperidine rings is 1. The van der Waals surface area contributed by atoms with Crippen LogP contribution in [0.15, 0.2) is 59.4 Å². The fraction of sp³-hybridized carbons (Fsp3) is 0.364. The molecule has 148 valence electrons. The van der Waals surface area contributed by atoms with Gasteiger partial charge in [0.1, 0.15) is 0 Å². The SMILES string of the molecule is O=C(N1CCCC(F)(c2nc(-c3cccnc3)no2)C1)C1(c2ccccc2)CC1. The number of halogens is 1. The molecule has 0 radical (unpaired) electrons. The van der Waals surface area contributed by atoms with Crippen molar-refractivity contribution in [3.63, 3.8) is 0 Å². The summed E-state index contributed by atoms with van der Waals surface area (Å²) in [6.45, 7) is 0.484. The van der Waals surface area contributed by atoms with Gasteiger partial charge < -0.3 is 9.42 Å². The van der Waals surface area contributed by atoms with Crippen molar-refractivity contribution in [3.05, 3.63) is 66.3 Å². The topological polar surface area (TPSA) is 72.1 Å². The fourth-order valence-corrected chi connectivity index (χ4v) is 4.19. The van der Waals surface area contributed by atoms with Crippen LogP contribution in [0.3, 0.4) is 0 Å². The number of carbonyl (C=O) groups is 1. The summed E-state index contributed by atoms with van der Waals surface area (Å²) < 4.78 is 21.1. The smallest absolute Gasteiger partial charge is 0.266 e. The maximum absolute atomic E-state index is 15.8. The van der Waals surface area contributed by atoms with Crippen LogP contribution in [0.1, 0.15) is 37.1 Å². The lowest BCUT2D eigenvalue weighted by Crippen LogP contribution is -2.49. The zero-order chi connectivity index (χ0) is 19.9. The molecule has 1 aromatic carbocycles. The highest BCUT2D eigenvalue weighted by Gasteiger charge is 2.55. The molecular weight excluding hydrogens is 371 g/mol. The van der Waals surface area contributed by atoms with Crippen molar-refractivity contribution in [1.29, 1.82) is 0 Å². The molecule has 3 aromatic rings. The highest BCUT2D eigenvalue weighted by molar-refractivity contribution is 5.91. The molecule has 1 unspecified atom stereocenters. The highest BCUT2D eigenvalue weighted by Crippen LogP contribution is 2.50. The van der Waals surface area contributed by atoms with E-state index >= 15 is 4.39 Å². The number of alkyl halides is 1. The van der Waals surface area contributed by atoms with Gasteiger partial charge in [-0.1, -0.05) is 35.5 Å². The minimum atomic E-state index is -1.84. The number of pyridine rings is 1. The summed E-state index contributed by atoms with van der Waals surface area (Å²) in [5.41, 5.74) is -0.670. The number of carbonyl (C=O) groups excluding carboxylic acids is 1. The molecule has 0 N–H and O–H groups in total. The number of hydrogen-bond donors (Lipinski definition) is 0. The van der Waals surface area contributed by atoms with Gasteiger partial charge in [-0.15, -0.1) is 0 Å². The Labute approximate surface area is 167 Å². The lowest BCUT2D eigenvalue weighted by Gasteiger charge is -2.37. The van der Waals surface area contributed by atoms with Gasteiger partial charge in [0.15, 0.2) is 0 Å². The number of rotatable bonds is 4. The zero-order valence-corrected chi connectivity index (χ0v) is 15.9. The standard InChI is InChI=1S/C22H21FN4O2/c23-22(19-25-18(26-29-19)16-6-4-12-24-14-16)9-5-13-27(15-22)20(28)21(10-11-21)17-7-2-1-3-8-17/h1-4,6-8,12,14H,5,9-11,13,15H2. The molecule has 5 rings (SSSR count). The Balaban J connectivity index is 1.38. The van der Waals surface area contributed by atoms with Crippen molar-refractivity contribution in [2.24, 2.45) is 0 Å². The molecule has 2 fully saturated rings.